The first-order chi connectivity index (χ1) is 15.3. The molecule has 3 aromatic rings. The highest BCUT2D eigenvalue weighted by molar-refractivity contribution is 5.79. The van der Waals surface area contributed by atoms with Crippen molar-refractivity contribution in [2.45, 2.75) is 51.8 Å². The Kier molecular flexibility index (Phi) is 6.04. The molecule has 1 fully saturated rings. The summed E-state index contributed by atoms with van der Waals surface area (Å²) in [5.41, 5.74) is 3.24. The van der Waals surface area contributed by atoms with Crippen molar-refractivity contribution in [3.63, 3.8) is 0 Å². The molecule has 1 aliphatic rings. The molecule has 1 aromatic heterocycles. The molecule has 0 spiro atoms. The summed E-state index contributed by atoms with van der Waals surface area (Å²) in [5, 5.41) is 12.1. The number of nitriles is 1. The van der Waals surface area contributed by atoms with Crippen molar-refractivity contribution in [1.29, 1.82) is 5.26 Å². The largest absolute Gasteiger partial charge is 0.444 e. The lowest BCUT2D eigenvalue weighted by Crippen LogP contribution is -2.49. The van der Waals surface area contributed by atoms with Gasteiger partial charge in [0.15, 0.2) is 0 Å². The van der Waals surface area contributed by atoms with Crippen LogP contribution >= 0.6 is 0 Å². The van der Waals surface area contributed by atoms with Gasteiger partial charge >= 0.3 is 6.09 Å². The highest BCUT2D eigenvalue weighted by Crippen LogP contribution is 2.26. The molecule has 7 nitrogen and oxygen atoms in total. The summed E-state index contributed by atoms with van der Waals surface area (Å²) >= 11 is 0. The highest BCUT2D eigenvalue weighted by atomic mass is 16.6. The van der Waals surface area contributed by atoms with Crippen molar-refractivity contribution in [3.05, 3.63) is 59.7 Å². The van der Waals surface area contributed by atoms with E-state index in [0.717, 1.165) is 41.9 Å². The number of aromatic nitrogens is 2. The molecule has 166 valence electrons. The Morgan fingerprint density at radius 1 is 1.22 bits per heavy atom. The first-order valence-electron chi connectivity index (χ1n) is 11.0. The molecule has 2 heterocycles. The maximum atomic E-state index is 12.3. The van der Waals surface area contributed by atoms with Crippen molar-refractivity contribution in [1.82, 2.24) is 14.9 Å². The van der Waals surface area contributed by atoms with E-state index in [-0.39, 0.29) is 12.1 Å². The molecule has 1 amide bonds. The SMILES string of the molecule is CC(C)(C)OC(=O)N[C@H]1CCCN(c2nc3ccccc3n2Cc2ccc(C#N)cc2)C1. The van der Waals surface area contributed by atoms with E-state index >= 15 is 0 Å². The van der Waals surface area contributed by atoms with Crippen molar-refractivity contribution in [2.24, 2.45) is 0 Å². The van der Waals surface area contributed by atoms with Crippen LogP contribution in [-0.2, 0) is 11.3 Å². The van der Waals surface area contributed by atoms with E-state index < -0.39 is 5.60 Å². The lowest BCUT2D eigenvalue weighted by Gasteiger charge is -2.34. The van der Waals surface area contributed by atoms with Gasteiger partial charge < -0.3 is 19.5 Å². The second kappa shape index (κ2) is 8.91. The number of carbonyl (C=O) groups excluding carboxylic acids is 1. The number of imidazole rings is 1. The Bertz CT molecular complexity index is 1140. The van der Waals surface area contributed by atoms with E-state index in [1.165, 1.54) is 0 Å². The zero-order valence-corrected chi connectivity index (χ0v) is 18.8. The zero-order valence-electron chi connectivity index (χ0n) is 18.8. The van der Waals surface area contributed by atoms with Crippen molar-refractivity contribution in [3.8, 4) is 6.07 Å². The van der Waals surface area contributed by atoms with Gasteiger partial charge in [-0.25, -0.2) is 9.78 Å². The maximum Gasteiger partial charge on any atom is 0.407 e. The number of para-hydroxylation sites is 2. The number of anilines is 1. The quantitative estimate of drug-likeness (QED) is 0.660. The number of hydrogen-bond acceptors (Lipinski definition) is 5. The average Bonchev–Trinajstić information content (AvgIpc) is 3.11. The Morgan fingerprint density at radius 3 is 2.69 bits per heavy atom. The lowest BCUT2D eigenvalue weighted by molar-refractivity contribution is 0.0500. The number of piperidine rings is 1. The molecule has 7 heteroatoms. The molecule has 2 aromatic carbocycles. The fraction of sp³-hybridized carbons (Fsp3) is 0.400. The van der Waals surface area contributed by atoms with E-state index in [9.17, 15) is 4.79 Å². The van der Waals surface area contributed by atoms with Gasteiger partial charge in [0, 0.05) is 19.1 Å². The third-order valence-electron chi connectivity index (χ3n) is 5.48. The second-order valence-corrected chi connectivity index (χ2v) is 9.23. The predicted octanol–water partition coefficient (Wildman–Crippen LogP) is 4.45. The van der Waals surface area contributed by atoms with Crippen molar-refractivity contribution >= 4 is 23.1 Å². The number of hydrogen-bond donors (Lipinski definition) is 1. The molecule has 1 N–H and O–H groups in total. The number of benzene rings is 2. The van der Waals surface area contributed by atoms with Gasteiger partial charge in [0.2, 0.25) is 5.95 Å². The third-order valence-corrected chi connectivity index (χ3v) is 5.48. The fourth-order valence-corrected chi connectivity index (χ4v) is 4.08. The van der Waals surface area contributed by atoms with Crippen molar-refractivity contribution < 1.29 is 9.53 Å². The van der Waals surface area contributed by atoms with Gasteiger partial charge in [0.25, 0.3) is 0 Å². The van der Waals surface area contributed by atoms with Crippen LogP contribution in [0.15, 0.2) is 48.5 Å². The van der Waals surface area contributed by atoms with Crippen LogP contribution in [0, 0.1) is 11.3 Å². The minimum atomic E-state index is -0.520. The van der Waals surface area contributed by atoms with Crippen LogP contribution in [0.1, 0.15) is 44.7 Å². The van der Waals surface area contributed by atoms with Crippen LogP contribution in [0.25, 0.3) is 11.0 Å². The van der Waals surface area contributed by atoms with E-state index in [1.54, 1.807) is 0 Å². The Labute approximate surface area is 188 Å². The number of rotatable bonds is 4. The third kappa shape index (κ3) is 5.02. The molecule has 4 rings (SSSR count). The van der Waals surface area contributed by atoms with Crippen LogP contribution < -0.4 is 10.2 Å². The highest BCUT2D eigenvalue weighted by Gasteiger charge is 2.27. The van der Waals surface area contributed by atoms with Gasteiger partial charge in [-0.2, -0.15) is 5.26 Å². The topological polar surface area (TPSA) is 83.2 Å². The minimum absolute atomic E-state index is 0.00164. The van der Waals surface area contributed by atoms with Crippen LogP contribution in [0.2, 0.25) is 0 Å². The zero-order chi connectivity index (χ0) is 22.7. The number of amides is 1. The van der Waals surface area contributed by atoms with Gasteiger partial charge in [0.1, 0.15) is 5.60 Å². The minimum Gasteiger partial charge on any atom is -0.444 e. The van der Waals surface area contributed by atoms with E-state index in [0.29, 0.717) is 18.7 Å². The van der Waals surface area contributed by atoms with Gasteiger partial charge in [-0.1, -0.05) is 24.3 Å². The maximum absolute atomic E-state index is 12.3. The summed E-state index contributed by atoms with van der Waals surface area (Å²) in [4.78, 5) is 19.5. The standard InChI is InChI=1S/C25H29N5O2/c1-25(2,3)32-24(31)27-20-7-6-14-29(17-20)23-28-21-8-4-5-9-22(21)30(23)16-19-12-10-18(15-26)11-13-19/h4-5,8-13,20H,6-7,14,16-17H2,1-3H3,(H,27,31)/t20-/m0/s1. The van der Waals surface area contributed by atoms with Gasteiger partial charge in [0.05, 0.1) is 29.2 Å². The van der Waals surface area contributed by atoms with Crippen LogP contribution in [0.3, 0.4) is 0 Å². The number of nitrogens with one attached hydrogen (secondary N) is 1. The molecule has 0 radical (unpaired) electrons. The fourth-order valence-electron chi connectivity index (χ4n) is 4.08. The Hall–Kier alpha value is -3.53. The summed E-state index contributed by atoms with van der Waals surface area (Å²) in [7, 11) is 0. The summed E-state index contributed by atoms with van der Waals surface area (Å²) in [5.74, 6) is 0.895. The summed E-state index contributed by atoms with van der Waals surface area (Å²) in [6.07, 6.45) is 1.49. The lowest BCUT2D eigenvalue weighted by atomic mass is 10.1. The van der Waals surface area contributed by atoms with Crippen molar-refractivity contribution in [2.75, 3.05) is 18.0 Å². The molecule has 0 aliphatic carbocycles. The van der Waals surface area contributed by atoms with E-state index in [1.807, 2.05) is 63.2 Å². The molecule has 1 aliphatic heterocycles. The Balaban J connectivity index is 1.58. The van der Waals surface area contributed by atoms with Gasteiger partial charge in [-0.05, 0) is 63.4 Å². The number of fused-ring (bicyclic) bond motifs is 1. The number of nitrogens with zero attached hydrogens (tertiary/aromatic N) is 4. The first-order valence-corrected chi connectivity index (χ1v) is 11.0. The number of carbonyl (C=O) groups is 1. The van der Waals surface area contributed by atoms with E-state index in [4.69, 9.17) is 15.0 Å². The van der Waals surface area contributed by atoms with Crippen LogP contribution in [0.4, 0.5) is 10.7 Å². The molecule has 0 bridgehead atoms. The average molecular weight is 432 g/mol. The van der Waals surface area contributed by atoms with E-state index in [2.05, 4.69) is 26.9 Å². The number of ether oxygens (including phenoxy) is 1. The molecule has 0 saturated carbocycles. The molecular formula is C25H29N5O2. The molecule has 1 saturated heterocycles. The van der Waals surface area contributed by atoms with Gasteiger partial charge in [-0.3, -0.25) is 0 Å². The molecule has 1 atom stereocenters. The summed E-state index contributed by atoms with van der Waals surface area (Å²) < 4.78 is 7.65. The summed E-state index contributed by atoms with van der Waals surface area (Å²) in [6, 6.07) is 17.9. The first kappa shape index (κ1) is 21.7. The smallest absolute Gasteiger partial charge is 0.407 e. The second-order valence-electron chi connectivity index (χ2n) is 9.23. The normalized spacial score (nSPS) is 16.6. The molecular weight excluding hydrogens is 402 g/mol. The predicted molar refractivity (Wildman–Crippen MR) is 125 cm³/mol. The van der Waals surface area contributed by atoms with Crippen LogP contribution in [0.5, 0.6) is 0 Å². The monoisotopic (exact) mass is 431 g/mol. The Morgan fingerprint density at radius 2 is 1.97 bits per heavy atom. The van der Waals surface area contributed by atoms with Gasteiger partial charge in [-0.15, -0.1) is 0 Å². The molecule has 32 heavy (non-hydrogen) atoms. The summed E-state index contributed by atoms with van der Waals surface area (Å²) in [6.45, 7) is 7.81. The number of alkyl carbamates (subject to hydrolysis) is 1. The molecule has 0 unspecified atom stereocenters. The van der Waals surface area contributed by atoms with Crippen LogP contribution in [-0.4, -0.2) is 40.4 Å².